The number of rotatable bonds is 13. The lowest BCUT2D eigenvalue weighted by Crippen LogP contribution is -2.34. The van der Waals surface area contributed by atoms with Gasteiger partial charge in [0.05, 0.1) is 18.8 Å². The summed E-state index contributed by atoms with van der Waals surface area (Å²) in [5.41, 5.74) is 2.24. The van der Waals surface area contributed by atoms with Gasteiger partial charge in [-0.25, -0.2) is 0 Å². The zero-order valence-corrected chi connectivity index (χ0v) is 17.1. The van der Waals surface area contributed by atoms with E-state index in [1.165, 1.54) is 0 Å². The molecule has 0 aliphatic carbocycles. The quantitative estimate of drug-likeness (QED) is 0.520. The molecule has 2 rings (SSSR count). The minimum Gasteiger partial charge on any atom is -0.393 e. The summed E-state index contributed by atoms with van der Waals surface area (Å²) < 4.78 is 5.17. The molecule has 28 heavy (non-hydrogen) atoms. The maximum atomic E-state index is 12.2. The molecule has 1 aliphatic heterocycles. The minimum absolute atomic E-state index is 0.254. The fourth-order valence-electron chi connectivity index (χ4n) is 4.01. The predicted octanol–water partition coefficient (Wildman–Crippen LogP) is 3.98. The van der Waals surface area contributed by atoms with E-state index in [-0.39, 0.29) is 18.1 Å². The van der Waals surface area contributed by atoms with Crippen molar-refractivity contribution in [1.82, 2.24) is 4.90 Å². The average molecular weight is 387 g/mol. The van der Waals surface area contributed by atoms with Gasteiger partial charge in [-0.05, 0) is 49.7 Å². The number of carbonyl (C=O) groups is 1. The normalized spacial score (nSPS) is 17.7. The highest BCUT2D eigenvalue weighted by Gasteiger charge is 2.30. The van der Waals surface area contributed by atoms with Crippen molar-refractivity contribution in [2.45, 2.75) is 83.0 Å². The van der Waals surface area contributed by atoms with Crippen LogP contribution in [-0.2, 0) is 22.6 Å². The number of nitrogens with zero attached hydrogens (tertiary/aromatic N) is 2. The van der Waals surface area contributed by atoms with Crippen LogP contribution in [-0.4, -0.2) is 41.7 Å². The lowest BCUT2D eigenvalue weighted by atomic mass is 9.99. The van der Waals surface area contributed by atoms with Crippen molar-refractivity contribution in [3.8, 4) is 6.07 Å². The summed E-state index contributed by atoms with van der Waals surface area (Å²) in [5, 5.41) is 19.0. The number of amides is 1. The van der Waals surface area contributed by atoms with Gasteiger partial charge < -0.3 is 14.7 Å². The van der Waals surface area contributed by atoms with Gasteiger partial charge in [-0.2, -0.15) is 5.26 Å². The fraction of sp³-hybridized carbons (Fsp3) is 0.652. The van der Waals surface area contributed by atoms with Crippen LogP contribution in [0.1, 0.15) is 68.9 Å². The molecule has 1 fully saturated rings. The van der Waals surface area contributed by atoms with Crippen molar-refractivity contribution in [2.75, 3.05) is 13.7 Å². The van der Waals surface area contributed by atoms with Gasteiger partial charge in [0.2, 0.25) is 5.91 Å². The van der Waals surface area contributed by atoms with E-state index in [0.29, 0.717) is 32.3 Å². The first-order chi connectivity index (χ1) is 13.6. The van der Waals surface area contributed by atoms with Gasteiger partial charge >= 0.3 is 0 Å². The van der Waals surface area contributed by atoms with Gasteiger partial charge in [-0.3, -0.25) is 4.79 Å². The Hall–Kier alpha value is -1.90. The van der Waals surface area contributed by atoms with Crippen molar-refractivity contribution in [1.29, 1.82) is 5.26 Å². The Kier molecular flexibility index (Phi) is 10.0. The Morgan fingerprint density at radius 1 is 1.29 bits per heavy atom. The largest absolute Gasteiger partial charge is 0.393 e. The number of carbonyl (C=O) groups excluding carboxylic acids is 1. The Balaban J connectivity index is 1.73. The Bertz CT molecular complexity index is 641. The standard InChI is InChI=1S/C23H34N2O3/c1-28-18-20-9-7-8-19(16-20)17-22(26)12-10-21-11-13-23(27)25(21)15-6-4-2-3-5-14-24/h7-9,16,21-22,26H,2-6,10-13,15,17-18H2,1H3/t21-,22+/m0/s1. The fourth-order valence-corrected chi connectivity index (χ4v) is 4.01. The van der Waals surface area contributed by atoms with E-state index >= 15 is 0 Å². The second kappa shape index (κ2) is 12.5. The van der Waals surface area contributed by atoms with Gasteiger partial charge in [0.25, 0.3) is 0 Å². The van der Waals surface area contributed by atoms with Crippen molar-refractivity contribution < 1.29 is 14.6 Å². The van der Waals surface area contributed by atoms with Crippen molar-refractivity contribution in [2.24, 2.45) is 0 Å². The minimum atomic E-state index is -0.388. The molecule has 1 aromatic carbocycles. The first-order valence-corrected chi connectivity index (χ1v) is 10.5. The van der Waals surface area contributed by atoms with Crippen LogP contribution in [0.15, 0.2) is 24.3 Å². The molecule has 0 unspecified atom stereocenters. The molecule has 2 atom stereocenters. The number of nitriles is 1. The highest BCUT2D eigenvalue weighted by atomic mass is 16.5. The lowest BCUT2D eigenvalue weighted by Gasteiger charge is -2.26. The highest BCUT2D eigenvalue weighted by Crippen LogP contribution is 2.24. The molecule has 5 nitrogen and oxygen atoms in total. The van der Waals surface area contributed by atoms with E-state index < -0.39 is 0 Å². The number of aliphatic hydroxyl groups is 1. The molecule has 0 aromatic heterocycles. The van der Waals surface area contributed by atoms with Crippen LogP contribution in [0, 0.1) is 11.3 Å². The molecule has 0 spiro atoms. The molecule has 1 amide bonds. The number of benzene rings is 1. The number of hydrogen-bond acceptors (Lipinski definition) is 4. The number of hydrogen-bond donors (Lipinski definition) is 1. The van der Waals surface area contributed by atoms with Crippen LogP contribution < -0.4 is 0 Å². The lowest BCUT2D eigenvalue weighted by molar-refractivity contribution is -0.129. The molecule has 5 heteroatoms. The molecule has 1 heterocycles. The van der Waals surface area contributed by atoms with Crippen LogP contribution in [0.3, 0.4) is 0 Å². The Morgan fingerprint density at radius 3 is 2.86 bits per heavy atom. The molecule has 154 valence electrons. The molecule has 1 aromatic rings. The first-order valence-electron chi connectivity index (χ1n) is 10.5. The summed E-state index contributed by atoms with van der Waals surface area (Å²) in [6, 6.07) is 10.6. The van der Waals surface area contributed by atoms with E-state index in [4.69, 9.17) is 10.00 Å². The smallest absolute Gasteiger partial charge is 0.222 e. The summed E-state index contributed by atoms with van der Waals surface area (Å²) in [7, 11) is 1.68. The van der Waals surface area contributed by atoms with E-state index in [2.05, 4.69) is 12.1 Å². The van der Waals surface area contributed by atoms with Crippen LogP contribution >= 0.6 is 0 Å². The number of aliphatic hydroxyl groups excluding tert-OH is 1. The molecule has 0 bridgehead atoms. The SMILES string of the molecule is COCc1cccc(C[C@H](O)CC[C@H]2CCC(=O)N2CCCCCCC#N)c1. The summed E-state index contributed by atoms with van der Waals surface area (Å²) in [5.74, 6) is 0.254. The predicted molar refractivity (Wildman–Crippen MR) is 110 cm³/mol. The summed E-state index contributed by atoms with van der Waals surface area (Å²) in [4.78, 5) is 14.2. The van der Waals surface area contributed by atoms with E-state index in [9.17, 15) is 9.90 Å². The zero-order valence-electron chi connectivity index (χ0n) is 17.1. The van der Waals surface area contributed by atoms with Gasteiger partial charge in [0, 0.05) is 32.5 Å². The summed E-state index contributed by atoms with van der Waals surface area (Å²) in [6.45, 7) is 1.39. The topological polar surface area (TPSA) is 73.6 Å². The number of methoxy groups -OCH3 is 1. The molecule has 1 N–H and O–H groups in total. The maximum absolute atomic E-state index is 12.2. The Morgan fingerprint density at radius 2 is 2.07 bits per heavy atom. The van der Waals surface area contributed by atoms with E-state index in [0.717, 1.165) is 56.2 Å². The second-order valence-corrected chi connectivity index (χ2v) is 7.79. The second-order valence-electron chi connectivity index (χ2n) is 7.79. The molecular formula is C23H34N2O3. The molecular weight excluding hydrogens is 352 g/mol. The Labute approximate surface area is 169 Å². The summed E-state index contributed by atoms with van der Waals surface area (Å²) >= 11 is 0. The summed E-state index contributed by atoms with van der Waals surface area (Å²) in [6.07, 6.45) is 8.06. The third kappa shape index (κ3) is 7.61. The van der Waals surface area contributed by atoms with Crippen molar-refractivity contribution >= 4 is 5.91 Å². The molecule has 1 saturated heterocycles. The third-order valence-corrected chi connectivity index (χ3v) is 5.50. The van der Waals surface area contributed by atoms with Gasteiger partial charge in [0.15, 0.2) is 0 Å². The molecule has 0 radical (unpaired) electrons. The first kappa shape index (κ1) is 22.4. The number of ether oxygens (including phenoxy) is 1. The van der Waals surface area contributed by atoms with Crippen molar-refractivity contribution in [3.05, 3.63) is 35.4 Å². The number of likely N-dealkylation sites (tertiary alicyclic amines) is 1. The van der Waals surface area contributed by atoms with Gasteiger partial charge in [-0.15, -0.1) is 0 Å². The van der Waals surface area contributed by atoms with Crippen LogP contribution in [0.4, 0.5) is 0 Å². The average Bonchev–Trinajstić information content (AvgIpc) is 3.03. The van der Waals surface area contributed by atoms with Gasteiger partial charge in [0.1, 0.15) is 0 Å². The van der Waals surface area contributed by atoms with Crippen LogP contribution in [0.2, 0.25) is 0 Å². The number of unbranched alkanes of at least 4 members (excludes halogenated alkanes) is 4. The van der Waals surface area contributed by atoms with E-state index in [1.807, 2.05) is 23.1 Å². The molecule has 0 saturated carbocycles. The monoisotopic (exact) mass is 386 g/mol. The van der Waals surface area contributed by atoms with Crippen LogP contribution in [0.5, 0.6) is 0 Å². The maximum Gasteiger partial charge on any atom is 0.222 e. The third-order valence-electron chi connectivity index (χ3n) is 5.50. The highest BCUT2D eigenvalue weighted by molar-refractivity contribution is 5.78. The van der Waals surface area contributed by atoms with Gasteiger partial charge in [-0.1, -0.05) is 37.1 Å². The van der Waals surface area contributed by atoms with E-state index in [1.54, 1.807) is 7.11 Å². The zero-order chi connectivity index (χ0) is 20.2. The van der Waals surface area contributed by atoms with Crippen molar-refractivity contribution in [3.63, 3.8) is 0 Å². The molecule has 1 aliphatic rings. The van der Waals surface area contributed by atoms with Crippen LogP contribution in [0.25, 0.3) is 0 Å².